The summed E-state index contributed by atoms with van der Waals surface area (Å²) in [5.41, 5.74) is 0. The Kier molecular flexibility index (Phi) is 36.1. The standard InChI is InChI=1S/C14H30O.2C3H6.C2H6O2/c1-7-9-13(11(3)4)15-14(10-8-2)12(5)6;2*1-3-2;3-1-2-4/h11-14H,7-10H2,1-6H3;2*3H,1H2,2H3;3-4H,1-2H2. The van der Waals surface area contributed by atoms with Crippen LogP contribution < -0.4 is 0 Å². The molecule has 0 bridgehead atoms. The van der Waals surface area contributed by atoms with E-state index in [9.17, 15) is 0 Å². The fraction of sp³-hybridized carbons (Fsp3) is 0.818. The van der Waals surface area contributed by atoms with Crippen LogP contribution in [0.1, 0.15) is 81.1 Å². The monoisotopic (exact) mass is 360 g/mol. The van der Waals surface area contributed by atoms with Crippen molar-refractivity contribution < 1.29 is 14.9 Å². The molecule has 0 fully saturated rings. The highest BCUT2D eigenvalue weighted by atomic mass is 16.5. The largest absolute Gasteiger partial charge is 0.394 e. The highest BCUT2D eigenvalue weighted by molar-refractivity contribution is 4.68. The van der Waals surface area contributed by atoms with Crippen molar-refractivity contribution in [2.45, 2.75) is 93.3 Å². The molecule has 154 valence electrons. The van der Waals surface area contributed by atoms with Gasteiger partial charge in [0.25, 0.3) is 0 Å². The van der Waals surface area contributed by atoms with Crippen molar-refractivity contribution >= 4 is 0 Å². The van der Waals surface area contributed by atoms with Crippen molar-refractivity contribution in [2.24, 2.45) is 11.8 Å². The lowest BCUT2D eigenvalue weighted by molar-refractivity contribution is -0.0636. The molecule has 0 aliphatic rings. The van der Waals surface area contributed by atoms with Crippen LogP contribution in [-0.4, -0.2) is 35.6 Å². The average molecular weight is 361 g/mol. The molecule has 0 rings (SSSR count). The van der Waals surface area contributed by atoms with Gasteiger partial charge in [0.2, 0.25) is 0 Å². The number of aliphatic hydroxyl groups is 2. The van der Waals surface area contributed by atoms with Crippen LogP contribution in [0.3, 0.4) is 0 Å². The highest BCUT2D eigenvalue weighted by Crippen LogP contribution is 2.21. The summed E-state index contributed by atoms with van der Waals surface area (Å²) < 4.78 is 6.25. The van der Waals surface area contributed by atoms with E-state index in [1.807, 2.05) is 13.8 Å². The Balaban J connectivity index is -0.000000181. The molecule has 0 aliphatic heterocycles. The molecule has 2 N–H and O–H groups in total. The van der Waals surface area contributed by atoms with Gasteiger partial charge < -0.3 is 14.9 Å². The van der Waals surface area contributed by atoms with Gasteiger partial charge in [-0.1, -0.05) is 66.5 Å². The van der Waals surface area contributed by atoms with Crippen LogP contribution >= 0.6 is 0 Å². The smallest absolute Gasteiger partial charge is 0.0662 e. The van der Waals surface area contributed by atoms with E-state index >= 15 is 0 Å². The summed E-state index contributed by atoms with van der Waals surface area (Å²) in [7, 11) is 0. The first-order valence-electron chi connectivity index (χ1n) is 9.78. The molecule has 3 heteroatoms. The second-order valence-electron chi connectivity index (χ2n) is 6.54. The van der Waals surface area contributed by atoms with Crippen LogP contribution in [0, 0.1) is 11.8 Å². The van der Waals surface area contributed by atoms with E-state index in [2.05, 4.69) is 54.7 Å². The summed E-state index contributed by atoms with van der Waals surface area (Å²) >= 11 is 0. The molecule has 0 spiro atoms. The minimum atomic E-state index is -0.125. The molecule has 0 aromatic carbocycles. The van der Waals surface area contributed by atoms with E-state index in [1.54, 1.807) is 12.2 Å². The van der Waals surface area contributed by atoms with E-state index in [0.29, 0.717) is 24.0 Å². The lowest BCUT2D eigenvalue weighted by Crippen LogP contribution is -2.29. The molecule has 0 aromatic heterocycles. The number of hydrogen-bond donors (Lipinski definition) is 2. The third-order valence-electron chi connectivity index (χ3n) is 3.08. The predicted molar refractivity (Wildman–Crippen MR) is 114 cm³/mol. The minimum Gasteiger partial charge on any atom is -0.394 e. The number of hydrogen-bond acceptors (Lipinski definition) is 3. The van der Waals surface area contributed by atoms with Crippen LogP contribution in [0.25, 0.3) is 0 Å². The van der Waals surface area contributed by atoms with Crippen molar-refractivity contribution in [3.05, 3.63) is 25.3 Å². The molecule has 0 heterocycles. The van der Waals surface area contributed by atoms with Crippen molar-refractivity contribution in [1.29, 1.82) is 0 Å². The minimum absolute atomic E-state index is 0.125. The molecule has 25 heavy (non-hydrogen) atoms. The zero-order valence-electron chi connectivity index (χ0n) is 18.4. The molecule has 0 saturated heterocycles. The van der Waals surface area contributed by atoms with Gasteiger partial charge in [0.1, 0.15) is 0 Å². The van der Waals surface area contributed by atoms with Gasteiger partial charge >= 0.3 is 0 Å². The summed E-state index contributed by atoms with van der Waals surface area (Å²) in [5, 5.41) is 15.2. The van der Waals surface area contributed by atoms with Gasteiger partial charge in [-0.2, -0.15) is 0 Å². The fourth-order valence-corrected chi connectivity index (χ4v) is 1.91. The molecule has 2 unspecified atom stereocenters. The second-order valence-corrected chi connectivity index (χ2v) is 6.54. The number of allylic oxidation sites excluding steroid dienone is 2. The maximum Gasteiger partial charge on any atom is 0.0662 e. The Morgan fingerprint density at radius 1 is 0.760 bits per heavy atom. The third-order valence-corrected chi connectivity index (χ3v) is 3.08. The summed E-state index contributed by atoms with van der Waals surface area (Å²) in [6.07, 6.45) is 9.25. The van der Waals surface area contributed by atoms with Crippen molar-refractivity contribution in [3.8, 4) is 0 Å². The molecule has 0 aromatic rings. The normalized spacial score (nSPS) is 11.8. The van der Waals surface area contributed by atoms with Gasteiger partial charge in [0, 0.05) is 0 Å². The van der Waals surface area contributed by atoms with Gasteiger partial charge in [-0.05, 0) is 38.5 Å². The number of ether oxygens (including phenoxy) is 1. The lowest BCUT2D eigenvalue weighted by atomic mass is 9.99. The van der Waals surface area contributed by atoms with Gasteiger partial charge in [0.05, 0.1) is 25.4 Å². The Hall–Kier alpha value is -0.640. The quantitative estimate of drug-likeness (QED) is 0.495. The van der Waals surface area contributed by atoms with E-state index in [1.165, 1.54) is 25.7 Å². The van der Waals surface area contributed by atoms with Crippen LogP contribution in [0.2, 0.25) is 0 Å². The topological polar surface area (TPSA) is 49.7 Å². The van der Waals surface area contributed by atoms with Gasteiger partial charge in [0.15, 0.2) is 0 Å². The molecular formula is C22H48O3. The van der Waals surface area contributed by atoms with E-state index in [4.69, 9.17) is 14.9 Å². The molecular weight excluding hydrogens is 312 g/mol. The van der Waals surface area contributed by atoms with Crippen LogP contribution in [0.5, 0.6) is 0 Å². The molecule has 0 saturated carbocycles. The van der Waals surface area contributed by atoms with Crippen LogP contribution in [0.15, 0.2) is 25.3 Å². The maximum atomic E-state index is 7.62. The van der Waals surface area contributed by atoms with Gasteiger partial charge in [-0.3, -0.25) is 0 Å². The highest BCUT2D eigenvalue weighted by Gasteiger charge is 2.20. The van der Waals surface area contributed by atoms with Crippen molar-refractivity contribution in [2.75, 3.05) is 13.2 Å². The van der Waals surface area contributed by atoms with Crippen molar-refractivity contribution in [1.82, 2.24) is 0 Å². The predicted octanol–water partition coefficient (Wildman–Crippen LogP) is 6.01. The zero-order valence-corrected chi connectivity index (χ0v) is 18.4. The second kappa shape index (κ2) is 28.2. The Morgan fingerprint density at radius 2 is 1.00 bits per heavy atom. The summed E-state index contributed by atoms with van der Waals surface area (Å²) in [6.45, 7) is 23.8. The average Bonchev–Trinajstić information content (AvgIpc) is 2.55. The van der Waals surface area contributed by atoms with E-state index < -0.39 is 0 Å². The number of rotatable bonds is 9. The summed E-state index contributed by atoms with van der Waals surface area (Å²) in [6, 6.07) is 0. The first kappa shape index (κ1) is 32.1. The Labute approximate surface area is 159 Å². The first-order chi connectivity index (χ1) is 11.8. The van der Waals surface area contributed by atoms with E-state index in [-0.39, 0.29) is 13.2 Å². The first-order valence-corrected chi connectivity index (χ1v) is 9.78. The molecule has 0 aliphatic carbocycles. The summed E-state index contributed by atoms with van der Waals surface area (Å²) in [4.78, 5) is 0. The SMILES string of the molecule is C=CC.C=CC.CCCC(OC(CCC)C(C)C)C(C)C.OCCO. The third kappa shape index (κ3) is 31.6. The Morgan fingerprint density at radius 3 is 1.12 bits per heavy atom. The lowest BCUT2D eigenvalue weighted by Gasteiger charge is -2.29. The van der Waals surface area contributed by atoms with Crippen LogP contribution in [-0.2, 0) is 4.74 Å². The van der Waals surface area contributed by atoms with Crippen molar-refractivity contribution in [3.63, 3.8) is 0 Å². The molecule has 3 nitrogen and oxygen atoms in total. The Bertz CT molecular complexity index is 213. The molecule has 0 radical (unpaired) electrons. The molecule has 2 atom stereocenters. The fourth-order valence-electron chi connectivity index (χ4n) is 1.91. The van der Waals surface area contributed by atoms with Gasteiger partial charge in [-0.25, -0.2) is 0 Å². The molecule has 0 amide bonds. The van der Waals surface area contributed by atoms with Crippen LogP contribution in [0.4, 0.5) is 0 Å². The summed E-state index contributed by atoms with van der Waals surface area (Å²) in [5.74, 6) is 1.28. The van der Waals surface area contributed by atoms with E-state index in [0.717, 1.165) is 0 Å². The zero-order chi connectivity index (χ0) is 20.7. The van der Waals surface area contributed by atoms with Gasteiger partial charge in [-0.15, -0.1) is 13.2 Å². The number of aliphatic hydroxyl groups excluding tert-OH is 2. The maximum absolute atomic E-state index is 7.62.